The number of amides is 1. The average molecular weight is 259 g/mol. The van der Waals surface area contributed by atoms with Crippen LogP contribution >= 0.6 is 11.3 Å². The molecule has 1 amide bonds. The molecule has 1 rings (SSSR count). The monoisotopic (exact) mass is 259 g/mol. The molecule has 0 fully saturated rings. The Labute approximate surface area is 104 Å². The molecule has 0 aromatic carbocycles. The predicted molar refractivity (Wildman–Crippen MR) is 64.7 cm³/mol. The minimum atomic E-state index is -1.01. The van der Waals surface area contributed by atoms with Gasteiger partial charge in [0.05, 0.1) is 6.61 Å². The minimum absolute atomic E-state index is 0.0337. The second-order valence-electron chi connectivity index (χ2n) is 3.73. The van der Waals surface area contributed by atoms with E-state index in [1.165, 1.54) is 18.3 Å². The van der Waals surface area contributed by atoms with E-state index in [1.807, 2.05) is 0 Å². The summed E-state index contributed by atoms with van der Waals surface area (Å²) in [5.74, 6) is -0.235. The first kappa shape index (κ1) is 14.1. The quantitative estimate of drug-likeness (QED) is 0.692. The van der Waals surface area contributed by atoms with Gasteiger partial charge in [0.15, 0.2) is 0 Å². The molecule has 1 heterocycles. The van der Waals surface area contributed by atoms with Gasteiger partial charge in [-0.2, -0.15) is 0 Å². The molecule has 0 aliphatic carbocycles. The number of carbonyl (C=O) groups excluding carboxylic acids is 1. The second kappa shape index (κ2) is 6.70. The summed E-state index contributed by atoms with van der Waals surface area (Å²) >= 11 is 1.46. The van der Waals surface area contributed by atoms with E-state index in [9.17, 15) is 15.0 Å². The SMILES string of the molecule is COCc1cc(C(O)C(O)CNC(C)=O)cs1. The van der Waals surface area contributed by atoms with Crippen LogP contribution in [0.2, 0.25) is 0 Å². The van der Waals surface area contributed by atoms with E-state index in [0.717, 1.165) is 4.88 Å². The lowest BCUT2D eigenvalue weighted by Gasteiger charge is -2.16. The maximum atomic E-state index is 10.7. The van der Waals surface area contributed by atoms with Crippen molar-refractivity contribution in [2.24, 2.45) is 0 Å². The van der Waals surface area contributed by atoms with Gasteiger partial charge in [0, 0.05) is 25.5 Å². The molecule has 1 aromatic heterocycles. The highest BCUT2D eigenvalue weighted by atomic mass is 32.1. The van der Waals surface area contributed by atoms with Crippen LogP contribution in [0.4, 0.5) is 0 Å². The van der Waals surface area contributed by atoms with Crippen molar-refractivity contribution in [1.82, 2.24) is 5.32 Å². The lowest BCUT2D eigenvalue weighted by molar-refractivity contribution is -0.119. The van der Waals surface area contributed by atoms with Crippen LogP contribution in [0.15, 0.2) is 11.4 Å². The van der Waals surface area contributed by atoms with Gasteiger partial charge in [-0.15, -0.1) is 11.3 Å². The molecule has 1 aromatic rings. The van der Waals surface area contributed by atoms with E-state index in [1.54, 1.807) is 18.6 Å². The first-order valence-corrected chi connectivity index (χ1v) is 6.09. The summed E-state index contributed by atoms with van der Waals surface area (Å²) in [7, 11) is 1.60. The molecule has 17 heavy (non-hydrogen) atoms. The molecule has 2 atom stereocenters. The van der Waals surface area contributed by atoms with Crippen LogP contribution in [0.5, 0.6) is 0 Å². The van der Waals surface area contributed by atoms with Gasteiger partial charge in [-0.3, -0.25) is 4.79 Å². The van der Waals surface area contributed by atoms with Crippen molar-refractivity contribution in [3.8, 4) is 0 Å². The zero-order valence-corrected chi connectivity index (χ0v) is 10.7. The molecule has 96 valence electrons. The lowest BCUT2D eigenvalue weighted by Crippen LogP contribution is -2.34. The van der Waals surface area contributed by atoms with Crippen molar-refractivity contribution in [3.05, 3.63) is 21.9 Å². The van der Waals surface area contributed by atoms with Crippen molar-refractivity contribution in [2.45, 2.75) is 25.7 Å². The number of aliphatic hydroxyl groups is 2. The van der Waals surface area contributed by atoms with Crippen LogP contribution in [0.1, 0.15) is 23.5 Å². The molecular formula is C11H17NO4S. The standard InChI is InChI=1S/C11H17NO4S/c1-7(13)12-4-10(14)11(15)8-3-9(5-16-2)17-6-8/h3,6,10-11,14-15H,4-5H2,1-2H3,(H,12,13). The van der Waals surface area contributed by atoms with Crippen LogP contribution in [0.3, 0.4) is 0 Å². The van der Waals surface area contributed by atoms with Gasteiger partial charge in [0.25, 0.3) is 0 Å². The van der Waals surface area contributed by atoms with Gasteiger partial charge >= 0.3 is 0 Å². The Morgan fingerprint density at radius 1 is 1.59 bits per heavy atom. The topological polar surface area (TPSA) is 78.8 Å². The van der Waals surface area contributed by atoms with Gasteiger partial charge in [-0.1, -0.05) is 0 Å². The number of hydrogen-bond donors (Lipinski definition) is 3. The molecular weight excluding hydrogens is 242 g/mol. The smallest absolute Gasteiger partial charge is 0.216 e. The Morgan fingerprint density at radius 3 is 2.88 bits per heavy atom. The Balaban J connectivity index is 2.54. The number of nitrogens with one attached hydrogen (secondary N) is 1. The van der Waals surface area contributed by atoms with E-state index in [0.29, 0.717) is 12.2 Å². The Hall–Kier alpha value is -0.950. The van der Waals surface area contributed by atoms with E-state index in [-0.39, 0.29) is 12.5 Å². The molecule has 5 nitrogen and oxygen atoms in total. The molecule has 3 N–H and O–H groups in total. The Kier molecular flexibility index (Phi) is 5.57. The fourth-order valence-corrected chi connectivity index (χ4v) is 2.24. The van der Waals surface area contributed by atoms with E-state index < -0.39 is 12.2 Å². The number of rotatable bonds is 6. The van der Waals surface area contributed by atoms with Crippen molar-refractivity contribution >= 4 is 17.2 Å². The molecule has 0 aliphatic rings. The summed E-state index contributed by atoms with van der Waals surface area (Å²) in [6, 6.07) is 1.79. The minimum Gasteiger partial charge on any atom is -0.388 e. The highest BCUT2D eigenvalue weighted by molar-refractivity contribution is 7.10. The van der Waals surface area contributed by atoms with Gasteiger partial charge in [0.2, 0.25) is 5.91 Å². The first-order valence-electron chi connectivity index (χ1n) is 5.21. The Morgan fingerprint density at radius 2 is 2.29 bits per heavy atom. The molecule has 0 saturated heterocycles. The first-order chi connectivity index (χ1) is 8.04. The van der Waals surface area contributed by atoms with Crippen molar-refractivity contribution in [1.29, 1.82) is 0 Å². The molecule has 2 unspecified atom stereocenters. The van der Waals surface area contributed by atoms with Gasteiger partial charge in [-0.25, -0.2) is 0 Å². The summed E-state index contributed by atoms with van der Waals surface area (Å²) in [6.45, 7) is 1.88. The third-order valence-corrected chi connectivity index (χ3v) is 3.16. The maximum absolute atomic E-state index is 10.7. The molecule has 0 aliphatic heterocycles. The van der Waals surface area contributed by atoms with E-state index in [2.05, 4.69) is 5.32 Å². The molecule has 6 heteroatoms. The van der Waals surface area contributed by atoms with E-state index in [4.69, 9.17) is 4.74 Å². The van der Waals surface area contributed by atoms with Crippen molar-refractivity contribution in [3.63, 3.8) is 0 Å². The molecule has 0 bridgehead atoms. The van der Waals surface area contributed by atoms with Crippen LogP contribution in [0.25, 0.3) is 0 Å². The highest BCUT2D eigenvalue weighted by Crippen LogP contribution is 2.23. The Bertz CT molecular complexity index is 366. The average Bonchev–Trinajstić information content (AvgIpc) is 2.74. The van der Waals surface area contributed by atoms with Gasteiger partial charge in [0.1, 0.15) is 12.2 Å². The summed E-state index contributed by atoms with van der Waals surface area (Å²) in [4.78, 5) is 11.7. The van der Waals surface area contributed by atoms with Gasteiger partial charge in [-0.05, 0) is 17.0 Å². The summed E-state index contributed by atoms with van der Waals surface area (Å²) < 4.78 is 4.97. The van der Waals surface area contributed by atoms with Crippen LogP contribution in [0, 0.1) is 0 Å². The molecule has 0 radical (unpaired) electrons. The fraction of sp³-hybridized carbons (Fsp3) is 0.545. The zero-order chi connectivity index (χ0) is 12.8. The second-order valence-corrected chi connectivity index (χ2v) is 4.72. The number of aliphatic hydroxyl groups excluding tert-OH is 2. The number of ether oxygens (including phenoxy) is 1. The third-order valence-electron chi connectivity index (χ3n) is 2.23. The number of methoxy groups -OCH3 is 1. The normalized spacial score (nSPS) is 14.4. The highest BCUT2D eigenvalue weighted by Gasteiger charge is 2.19. The number of carbonyl (C=O) groups is 1. The largest absolute Gasteiger partial charge is 0.388 e. The molecule has 0 saturated carbocycles. The summed E-state index contributed by atoms with van der Waals surface area (Å²) in [5.41, 5.74) is 0.639. The summed E-state index contributed by atoms with van der Waals surface area (Å²) in [6.07, 6.45) is -2.01. The maximum Gasteiger partial charge on any atom is 0.216 e. The van der Waals surface area contributed by atoms with Crippen molar-refractivity contribution in [2.75, 3.05) is 13.7 Å². The number of thiophene rings is 1. The predicted octanol–water partition coefficient (Wildman–Crippen LogP) is 0.425. The molecule has 0 spiro atoms. The van der Waals surface area contributed by atoms with Gasteiger partial charge < -0.3 is 20.3 Å². The van der Waals surface area contributed by atoms with Crippen LogP contribution < -0.4 is 5.32 Å². The fourth-order valence-electron chi connectivity index (χ4n) is 1.35. The van der Waals surface area contributed by atoms with Crippen molar-refractivity contribution < 1.29 is 19.7 Å². The van der Waals surface area contributed by atoms with Crippen LogP contribution in [-0.4, -0.2) is 35.9 Å². The zero-order valence-electron chi connectivity index (χ0n) is 9.84. The van der Waals surface area contributed by atoms with Crippen LogP contribution in [-0.2, 0) is 16.1 Å². The number of hydrogen-bond acceptors (Lipinski definition) is 5. The van der Waals surface area contributed by atoms with E-state index >= 15 is 0 Å². The lowest BCUT2D eigenvalue weighted by atomic mass is 10.1. The summed E-state index contributed by atoms with van der Waals surface area (Å²) in [5, 5.41) is 23.7. The third kappa shape index (κ3) is 4.43.